The van der Waals surface area contributed by atoms with Gasteiger partial charge in [0.15, 0.2) is 0 Å². The Morgan fingerprint density at radius 2 is 2.37 bits per heavy atom. The number of pyridine rings is 1. The van der Waals surface area contributed by atoms with Crippen molar-refractivity contribution in [1.29, 1.82) is 0 Å². The Kier molecular flexibility index (Phi) is 7.01. The minimum atomic E-state index is -0.170. The van der Waals surface area contributed by atoms with Crippen LogP contribution in [0.5, 0.6) is 0 Å². The van der Waals surface area contributed by atoms with Crippen molar-refractivity contribution in [3.63, 3.8) is 0 Å². The van der Waals surface area contributed by atoms with Crippen LogP contribution in [0.1, 0.15) is 29.4 Å². The molecule has 1 aromatic heterocycles. The lowest BCUT2D eigenvalue weighted by Crippen LogP contribution is -2.34. The second-order valence-electron chi connectivity index (χ2n) is 4.04. The molecule has 0 radical (unpaired) electrons. The third kappa shape index (κ3) is 5.77. The first-order valence-electron chi connectivity index (χ1n) is 6.03. The van der Waals surface area contributed by atoms with E-state index >= 15 is 0 Å². The first kappa shape index (κ1) is 15.5. The number of carbonyl (C=O) groups excluding carboxylic acids is 1. The molecule has 0 spiro atoms. The van der Waals surface area contributed by atoms with Crippen molar-refractivity contribution in [2.45, 2.75) is 19.4 Å². The minimum absolute atomic E-state index is 0.0498. The molecule has 0 aromatic carbocycles. The maximum absolute atomic E-state index is 11.8. The number of aliphatic hydroxyl groups excluding tert-OH is 1. The molecule has 102 valence electrons. The van der Waals surface area contributed by atoms with E-state index in [2.05, 4.69) is 22.1 Å². The standard InChI is InChI=1S/C14H18N2O2S/c1-11(10-19-2)16-14(18)13-7-6-12(9-15-13)5-3-4-8-17/h6-7,9,11,17H,4,8,10H2,1-2H3,(H,16,18). The van der Waals surface area contributed by atoms with Crippen molar-refractivity contribution in [3.05, 3.63) is 29.6 Å². The molecule has 5 heteroatoms. The molecule has 2 N–H and O–H groups in total. The van der Waals surface area contributed by atoms with Gasteiger partial charge in [0.2, 0.25) is 0 Å². The average molecular weight is 278 g/mol. The van der Waals surface area contributed by atoms with Gasteiger partial charge in [0, 0.05) is 30.0 Å². The van der Waals surface area contributed by atoms with Gasteiger partial charge in [-0.25, -0.2) is 4.98 Å². The molecule has 1 heterocycles. The summed E-state index contributed by atoms with van der Waals surface area (Å²) in [4.78, 5) is 15.9. The highest BCUT2D eigenvalue weighted by Crippen LogP contribution is 2.01. The molecule has 1 amide bonds. The van der Waals surface area contributed by atoms with Gasteiger partial charge >= 0.3 is 0 Å². The van der Waals surface area contributed by atoms with E-state index in [9.17, 15) is 4.79 Å². The predicted octanol–water partition coefficient (Wildman–Crippen LogP) is 1.30. The van der Waals surface area contributed by atoms with Gasteiger partial charge in [0.05, 0.1) is 6.61 Å². The summed E-state index contributed by atoms with van der Waals surface area (Å²) in [6.45, 7) is 2.01. The summed E-state index contributed by atoms with van der Waals surface area (Å²) in [6, 6.07) is 3.53. The second kappa shape index (κ2) is 8.57. The van der Waals surface area contributed by atoms with Crippen molar-refractivity contribution < 1.29 is 9.90 Å². The van der Waals surface area contributed by atoms with E-state index in [-0.39, 0.29) is 18.6 Å². The van der Waals surface area contributed by atoms with E-state index < -0.39 is 0 Å². The van der Waals surface area contributed by atoms with E-state index in [4.69, 9.17) is 5.11 Å². The fraction of sp³-hybridized carbons (Fsp3) is 0.429. The van der Waals surface area contributed by atoms with Crippen LogP contribution in [0.4, 0.5) is 0 Å². The zero-order valence-electron chi connectivity index (χ0n) is 11.1. The monoisotopic (exact) mass is 278 g/mol. The maximum Gasteiger partial charge on any atom is 0.270 e. The number of amides is 1. The van der Waals surface area contributed by atoms with Gasteiger partial charge in [-0.1, -0.05) is 11.8 Å². The van der Waals surface area contributed by atoms with Gasteiger partial charge in [-0.15, -0.1) is 0 Å². The molecule has 0 saturated heterocycles. The molecule has 0 aliphatic heterocycles. The van der Waals surface area contributed by atoms with Crippen LogP contribution in [-0.4, -0.2) is 40.7 Å². The highest BCUT2D eigenvalue weighted by molar-refractivity contribution is 7.98. The summed E-state index contributed by atoms with van der Waals surface area (Å²) < 4.78 is 0. The third-order valence-electron chi connectivity index (χ3n) is 2.26. The SMILES string of the molecule is CSCC(C)NC(=O)c1ccc(C#CCCO)cn1. The fourth-order valence-corrected chi connectivity index (χ4v) is 2.00. The lowest BCUT2D eigenvalue weighted by molar-refractivity contribution is 0.0939. The third-order valence-corrected chi connectivity index (χ3v) is 3.09. The van der Waals surface area contributed by atoms with E-state index in [1.165, 1.54) is 0 Å². The smallest absolute Gasteiger partial charge is 0.270 e. The second-order valence-corrected chi connectivity index (χ2v) is 4.95. The summed E-state index contributed by atoms with van der Waals surface area (Å²) in [5.41, 5.74) is 1.13. The van der Waals surface area contributed by atoms with Crippen molar-refractivity contribution in [3.8, 4) is 11.8 Å². The van der Waals surface area contributed by atoms with E-state index in [0.717, 1.165) is 11.3 Å². The Morgan fingerprint density at radius 3 is 2.95 bits per heavy atom. The number of aromatic nitrogens is 1. The Labute approximate surface area is 118 Å². The molecule has 0 aliphatic carbocycles. The Hall–Kier alpha value is -1.51. The normalized spacial score (nSPS) is 11.3. The summed E-state index contributed by atoms with van der Waals surface area (Å²) in [5, 5.41) is 11.5. The van der Waals surface area contributed by atoms with Crippen LogP contribution in [0.2, 0.25) is 0 Å². The van der Waals surface area contributed by atoms with Crippen LogP contribution in [0.25, 0.3) is 0 Å². The van der Waals surface area contributed by atoms with Crippen molar-refractivity contribution in [2.75, 3.05) is 18.6 Å². The van der Waals surface area contributed by atoms with Crippen molar-refractivity contribution >= 4 is 17.7 Å². The Balaban J connectivity index is 2.61. The largest absolute Gasteiger partial charge is 0.395 e. The molecule has 0 fully saturated rings. The van der Waals surface area contributed by atoms with Crippen LogP contribution in [0.3, 0.4) is 0 Å². The van der Waals surface area contributed by atoms with Gasteiger partial charge < -0.3 is 10.4 Å². The highest BCUT2D eigenvalue weighted by atomic mass is 32.2. The van der Waals surface area contributed by atoms with Crippen LogP contribution in [-0.2, 0) is 0 Å². The zero-order valence-corrected chi connectivity index (χ0v) is 12.0. The van der Waals surface area contributed by atoms with Crippen molar-refractivity contribution in [1.82, 2.24) is 10.3 Å². The van der Waals surface area contributed by atoms with Gasteiger partial charge in [0.25, 0.3) is 5.91 Å². The van der Waals surface area contributed by atoms with Crippen LogP contribution >= 0.6 is 11.8 Å². The molecule has 1 aromatic rings. The molecular weight excluding hydrogens is 260 g/mol. The number of hydrogen-bond donors (Lipinski definition) is 2. The highest BCUT2D eigenvalue weighted by Gasteiger charge is 2.10. The number of hydrogen-bond acceptors (Lipinski definition) is 4. The van der Waals surface area contributed by atoms with Crippen molar-refractivity contribution in [2.24, 2.45) is 0 Å². The number of rotatable bonds is 5. The van der Waals surface area contributed by atoms with Gasteiger partial charge in [-0.2, -0.15) is 11.8 Å². The number of nitrogens with one attached hydrogen (secondary N) is 1. The number of thioether (sulfide) groups is 1. The van der Waals surface area contributed by atoms with Crippen LogP contribution < -0.4 is 5.32 Å². The quantitative estimate of drug-likeness (QED) is 0.797. The number of carbonyl (C=O) groups is 1. The molecule has 1 rings (SSSR count). The number of nitrogens with zero attached hydrogens (tertiary/aromatic N) is 1. The molecule has 0 saturated carbocycles. The predicted molar refractivity (Wildman–Crippen MR) is 78.1 cm³/mol. The molecule has 1 unspecified atom stereocenters. The first-order chi connectivity index (χ1) is 9.17. The summed E-state index contributed by atoms with van der Waals surface area (Å²) in [6.07, 6.45) is 4.01. The minimum Gasteiger partial charge on any atom is -0.395 e. The molecule has 4 nitrogen and oxygen atoms in total. The molecule has 0 bridgehead atoms. The Morgan fingerprint density at radius 1 is 1.58 bits per heavy atom. The van der Waals surface area contributed by atoms with E-state index in [1.807, 2.05) is 13.2 Å². The average Bonchev–Trinajstić information content (AvgIpc) is 2.40. The topological polar surface area (TPSA) is 62.2 Å². The lowest BCUT2D eigenvalue weighted by atomic mass is 10.2. The summed E-state index contributed by atoms with van der Waals surface area (Å²) in [7, 11) is 0. The molecule has 19 heavy (non-hydrogen) atoms. The van der Waals surface area contributed by atoms with Gasteiger partial charge in [-0.3, -0.25) is 4.79 Å². The van der Waals surface area contributed by atoms with Crippen LogP contribution in [0, 0.1) is 11.8 Å². The molecular formula is C14H18N2O2S. The summed E-state index contributed by atoms with van der Waals surface area (Å²) in [5.74, 6) is 6.37. The lowest BCUT2D eigenvalue weighted by Gasteiger charge is -2.11. The molecule has 0 aliphatic rings. The Bertz CT molecular complexity index is 463. The first-order valence-corrected chi connectivity index (χ1v) is 7.42. The maximum atomic E-state index is 11.8. The zero-order chi connectivity index (χ0) is 14.1. The van der Waals surface area contributed by atoms with Gasteiger partial charge in [0.1, 0.15) is 5.69 Å². The molecule has 1 atom stereocenters. The van der Waals surface area contributed by atoms with Gasteiger partial charge in [-0.05, 0) is 25.3 Å². The van der Waals surface area contributed by atoms with Crippen LogP contribution in [0.15, 0.2) is 18.3 Å². The number of aliphatic hydroxyl groups is 1. The van der Waals surface area contributed by atoms with E-state index in [1.54, 1.807) is 30.1 Å². The van der Waals surface area contributed by atoms with E-state index in [0.29, 0.717) is 12.1 Å². The fourth-order valence-electron chi connectivity index (χ4n) is 1.41. The summed E-state index contributed by atoms with van der Waals surface area (Å²) >= 11 is 1.69.